The SMILES string of the molecule is Nc1ccc2ncc3c(N)cccc3c2c1O. The van der Waals surface area contributed by atoms with Gasteiger partial charge in [-0.05, 0) is 23.6 Å². The van der Waals surface area contributed by atoms with Crippen LogP contribution >= 0.6 is 0 Å². The van der Waals surface area contributed by atoms with E-state index in [1.165, 1.54) is 0 Å². The van der Waals surface area contributed by atoms with Crippen molar-refractivity contribution in [3.63, 3.8) is 0 Å². The fourth-order valence-electron chi connectivity index (χ4n) is 2.05. The van der Waals surface area contributed by atoms with Crippen LogP contribution < -0.4 is 11.5 Å². The Labute approximate surface area is 97.5 Å². The molecule has 0 saturated heterocycles. The second kappa shape index (κ2) is 3.25. The van der Waals surface area contributed by atoms with Gasteiger partial charge in [-0.3, -0.25) is 4.98 Å². The number of phenolic OH excluding ortho intramolecular Hbond substituents is 1. The van der Waals surface area contributed by atoms with Crippen LogP contribution in [0, 0.1) is 0 Å². The van der Waals surface area contributed by atoms with Crippen molar-refractivity contribution in [2.24, 2.45) is 0 Å². The molecule has 0 fully saturated rings. The summed E-state index contributed by atoms with van der Waals surface area (Å²) in [7, 11) is 0. The Balaban J connectivity index is 2.63. The molecule has 0 aliphatic carbocycles. The lowest BCUT2D eigenvalue weighted by Gasteiger charge is -2.08. The average molecular weight is 225 g/mol. The zero-order chi connectivity index (χ0) is 12.0. The summed E-state index contributed by atoms with van der Waals surface area (Å²) < 4.78 is 0. The maximum atomic E-state index is 10.0. The van der Waals surface area contributed by atoms with Gasteiger partial charge in [0.1, 0.15) is 5.75 Å². The van der Waals surface area contributed by atoms with Gasteiger partial charge in [0.25, 0.3) is 0 Å². The maximum Gasteiger partial charge on any atom is 0.148 e. The Kier molecular flexibility index (Phi) is 1.86. The van der Waals surface area contributed by atoms with Crippen molar-refractivity contribution in [1.29, 1.82) is 0 Å². The van der Waals surface area contributed by atoms with Crippen molar-refractivity contribution < 1.29 is 5.11 Å². The third kappa shape index (κ3) is 1.27. The molecule has 1 heterocycles. The van der Waals surface area contributed by atoms with Crippen molar-refractivity contribution in [3.8, 4) is 5.75 Å². The van der Waals surface area contributed by atoms with E-state index in [0.717, 1.165) is 10.8 Å². The van der Waals surface area contributed by atoms with Crippen molar-refractivity contribution in [3.05, 3.63) is 36.5 Å². The van der Waals surface area contributed by atoms with Crippen molar-refractivity contribution in [2.45, 2.75) is 0 Å². The molecule has 2 aromatic carbocycles. The molecular formula is C13H11N3O. The molecule has 84 valence electrons. The van der Waals surface area contributed by atoms with Crippen LogP contribution in [0.4, 0.5) is 11.4 Å². The van der Waals surface area contributed by atoms with Gasteiger partial charge in [-0.25, -0.2) is 0 Å². The molecule has 1 aromatic heterocycles. The second-order valence-electron chi connectivity index (χ2n) is 3.96. The standard InChI is InChI=1S/C13H11N3O/c14-9-3-1-2-7-8(9)6-16-11-5-4-10(15)13(17)12(7)11/h1-6,17H,14-15H2. The van der Waals surface area contributed by atoms with Gasteiger partial charge < -0.3 is 16.6 Å². The van der Waals surface area contributed by atoms with Crippen LogP contribution in [0.15, 0.2) is 36.5 Å². The van der Waals surface area contributed by atoms with Gasteiger partial charge in [0, 0.05) is 17.3 Å². The lowest BCUT2D eigenvalue weighted by atomic mass is 10.0. The molecule has 0 aliphatic heterocycles. The number of fused-ring (bicyclic) bond motifs is 3. The van der Waals surface area contributed by atoms with Crippen molar-refractivity contribution in [2.75, 3.05) is 11.5 Å². The Morgan fingerprint density at radius 2 is 1.76 bits per heavy atom. The molecule has 0 spiro atoms. The van der Waals surface area contributed by atoms with Gasteiger partial charge in [0.15, 0.2) is 0 Å². The Morgan fingerprint density at radius 1 is 0.941 bits per heavy atom. The van der Waals surface area contributed by atoms with Crippen LogP contribution in [0.25, 0.3) is 21.7 Å². The minimum absolute atomic E-state index is 0.0613. The molecule has 4 nitrogen and oxygen atoms in total. The van der Waals surface area contributed by atoms with Crippen LogP contribution in [0.2, 0.25) is 0 Å². The van der Waals surface area contributed by atoms with Crippen LogP contribution in [0.3, 0.4) is 0 Å². The lowest BCUT2D eigenvalue weighted by molar-refractivity contribution is 0.484. The van der Waals surface area contributed by atoms with E-state index in [0.29, 0.717) is 22.3 Å². The number of phenols is 1. The molecule has 0 aliphatic rings. The van der Waals surface area contributed by atoms with Gasteiger partial charge in [0.2, 0.25) is 0 Å². The smallest absolute Gasteiger partial charge is 0.148 e. The molecule has 4 heteroatoms. The molecule has 0 radical (unpaired) electrons. The number of benzene rings is 2. The number of pyridine rings is 1. The van der Waals surface area contributed by atoms with E-state index >= 15 is 0 Å². The van der Waals surface area contributed by atoms with E-state index in [4.69, 9.17) is 11.5 Å². The summed E-state index contributed by atoms with van der Waals surface area (Å²) in [6, 6.07) is 8.98. The predicted octanol–water partition coefficient (Wildman–Crippen LogP) is 2.26. The number of aromatic hydroxyl groups is 1. The largest absolute Gasteiger partial charge is 0.505 e. The molecule has 0 atom stereocenters. The second-order valence-corrected chi connectivity index (χ2v) is 3.96. The van der Waals surface area contributed by atoms with E-state index in [1.807, 2.05) is 12.1 Å². The average Bonchev–Trinajstić information content (AvgIpc) is 2.34. The Bertz CT molecular complexity index is 737. The minimum Gasteiger partial charge on any atom is -0.505 e. The summed E-state index contributed by atoms with van der Waals surface area (Å²) in [5, 5.41) is 12.4. The van der Waals surface area contributed by atoms with E-state index < -0.39 is 0 Å². The summed E-state index contributed by atoms with van der Waals surface area (Å²) >= 11 is 0. The fourth-order valence-corrected chi connectivity index (χ4v) is 2.05. The van der Waals surface area contributed by atoms with E-state index in [2.05, 4.69) is 4.98 Å². The molecule has 0 unspecified atom stereocenters. The molecular weight excluding hydrogens is 214 g/mol. The zero-order valence-corrected chi connectivity index (χ0v) is 9.01. The molecule has 17 heavy (non-hydrogen) atoms. The first-order valence-corrected chi connectivity index (χ1v) is 5.23. The molecule has 0 bridgehead atoms. The van der Waals surface area contributed by atoms with Gasteiger partial charge in [-0.2, -0.15) is 0 Å². The van der Waals surface area contributed by atoms with E-state index in [1.54, 1.807) is 24.4 Å². The number of aromatic nitrogens is 1. The number of hydrogen-bond donors (Lipinski definition) is 3. The molecule has 0 amide bonds. The fraction of sp³-hybridized carbons (Fsp3) is 0. The third-order valence-corrected chi connectivity index (χ3v) is 2.93. The number of nitrogens with zero attached hydrogens (tertiary/aromatic N) is 1. The highest BCUT2D eigenvalue weighted by atomic mass is 16.3. The summed E-state index contributed by atoms with van der Waals surface area (Å²) in [5.41, 5.74) is 13.3. The van der Waals surface area contributed by atoms with Gasteiger partial charge in [-0.1, -0.05) is 12.1 Å². The van der Waals surface area contributed by atoms with Crippen LogP contribution in [0.1, 0.15) is 0 Å². The molecule has 5 N–H and O–H groups in total. The summed E-state index contributed by atoms with van der Waals surface area (Å²) in [5.74, 6) is 0.0613. The first-order valence-electron chi connectivity index (χ1n) is 5.23. The monoisotopic (exact) mass is 225 g/mol. The quantitative estimate of drug-likeness (QED) is 0.311. The highest BCUT2D eigenvalue weighted by molar-refractivity contribution is 6.13. The number of rotatable bonds is 0. The Hall–Kier alpha value is -2.49. The highest BCUT2D eigenvalue weighted by Crippen LogP contribution is 2.36. The summed E-state index contributed by atoms with van der Waals surface area (Å²) in [6.45, 7) is 0. The summed E-state index contributed by atoms with van der Waals surface area (Å²) in [6.07, 6.45) is 1.71. The number of anilines is 2. The number of nitrogens with two attached hydrogens (primary N) is 2. The van der Waals surface area contributed by atoms with Crippen LogP contribution in [-0.2, 0) is 0 Å². The van der Waals surface area contributed by atoms with E-state index in [9.17, 15) is 5.11 Å². The molecule has 0 saturated carbocycles. The van der Waals surface area contributed by atoms with Crippen molar-refractivity contribution in [1.82, 2.24) is 4.98 Å². The normalized spacial score (nSPS) is 11.1. The number of nitrogen functional groups attached to an aromatic ring is 2. The Morgan fingerprint density at radius 3 is 2.59 bits per heavy atom. The lowest BCUT2D eigenvalue weighted by Crippen LogP contribution is -1.91. The number of hydrogen-bond acceptors (Lipinski definition) is 4. The first-order chi connectivity index (χ1) is 8.18. The van der Waals surface area contributed by atoms with Crippen LogP contribution in [0.5, 0.6) is 5.75 Å². The topological polar surface area (TPSA) is 85.2 Å². The summed E-state index contributed by atoms with van der Waals surface area (Å²) in [4.78, 5) is 4.28. The maximum absolute atomic E-state index is 10.0. The van der Waals surface area contributed by atoms with Gasteiger partial charge in [-0.15, -0.1) is 0 Å². The molecule has 3 rings (SSSR count). The zero-order valence-electron chi connectivity index (χ0n) is 9.01. The van der Waals surface area contributed by atoms with Gasteiger partial charge in [0.05, 0.1) is 16.6 Å². The van der Waals surface area contributed by atoms with E-state index in [-0.39, 0.29) is 5.75 Å². The van der Waals surface area contributed by atoms with Gasteiger partial charge >= 0.3 is 0 Å². The highest BCUT2D eigenvalue weighted by Gasteiger charge is 2.09. The third-order valence-electron chi connectivity index (χ3n) is 2.93. The minimum atomic E-state index is 0.0613. The van der Waals surface area contributed by atoms with Crippen molar-refractivity contribution >= 4 is 33.1 Å². The molecule has 3 aromatic rings. The first kappa shape index (κ1) is 9.72. The predicted molar refractivity (Wildman–Crippen MR) is 69.7 cm³/mol. The van der Waals surface area contributed by atoms with Crippen LogP contribution in [-0.4, -0.2) is 10.1 Å².